The van der Waals surface area contributed by atoms with Gasteiger partial charge in [0.05, 0.1) is 18.0 Å². The summed E-state index contributed by atoms with van der Waals surface area (Å²) in [7, 11) is 0. The molecule has 62 heavy (non-hydrogen) atoms. The maximum Gasteiger partial charge on any atom is 0.324 e. The summed E-state index contributed by atoms with van der Waals surface area (Å²) in [6, 6.07) is 30.6. The van der Waals surface area contributed by atoms with E-state index in [-0.39, 0.29) is 11.7 Å². The van der Waals surface area contributed by atoms with E-state index in [0.29, 0.717) is 67.3 Å². The van der Waals surface area contributed by atoms with Gasteiger partial charge in [0, 0.05) is 49.8 Å². The lowest BCUT2D eigenvalue weighted by molar-refractivity contribution is -0.179. The van der Waals surface area contributed by atoms with E-state index in [2.05, 4.69) is 32.0 Å². The van der Waals surface area contributed by atoms with Gasteiger partial charge in [0.1, 0.15) is 28.9 Å². The molecule has 12 nitrogen and oxygen atoms in total. The summed E-state index contributed by atoms with van der Waals surface area (Å²) in [6.45, 7) is 1.51. The molecule has 2 amide bonds. The van der Waals surface area contributed by atoms with Crippen LogP contribution in [0, 0.1) is 17.8 Å². The molecule has 10 rings (SSSR count). The van der Waals surface area contributed by atoms with Crippen molar-refractivity contribution in [1.82, 2.24) is 19.8 Å². The van der Waals surface area contributed by atoms with Crippen LogP contribution >= 0.6 is 0 Å². The van der Waals surface area contributed by atoms with Crippen LogP contribution in [0.2, 0.25) is 0 Å². The van der Waals surface area contributed by atoms with Crippen molar-refractivity contribution in [3.05, 3.63) is 149 Å². The number of carbonyl (C=O) groups excluding carboxylic acids is 3. The third-order valence-electron chi connectivity index (χ3n) is 13.6. The van der Waals surface area contributed by atoms with Gasteiger partial charge in [-0.1, -0.05) is 97.5 Å². The number of nitrogens with zero attached hydrogens (tertiary/aromatic N) is 5. The average Bonchev–Trinajstić information content (AvgIpc) is 3.67. The molecule has 12 heteroatoms. The predicted molar refractivity (Wildman–Crippen MR) is 232 cm³/mol. The normalized spacial score (nSPS) is 26.7. The minimum absolute atomic E-state index is 0.0374. The lowest BCUT2D eigenvalue weighted by Gasteiger charge is -2.46. The van der Waals surface area contributed by atoms with Gasteiger partial charge in [0.15, 0.2) is 0 Å². The van der Waals surface area contributed by atoms with Crippen molar-refractivity contribution in [2.75, 3.05) is 36.4 Å². The molecule has 314 valence electrons. The lowest BCUT2D eigenvalue weighted by Crippen LogP contribution is -2.58. The Morgan fingerprint density at radius 2 is 1.42 bits per heavy atom. The van der Waals surface area contributed by atoms with Crippen LogP contribution in [0.1, 0.15) is 84.5 Å². The van der Waals surface area contributed by atoms with E-state index in [0.717, 1.165) is 36.8 Å². The maximum atomic E-state index is 15.8. The van der Waals surface area contributed by atoms with Gasteiger partial charge in [-0.15, -0.1) is 0 Å². The number of anilines is 2. The molecule has 1 aliphatic carbocycles. The first-order chi connectivity index (χ1) is 30.2. The number of esters is 1. The zero-order valence-electron chi connectivity index (χ0n) is 34.3. The second-order valence-corrected chi connectivity index (χ2v) is 17.1. The molecule has 3 saturated heterocycles. The number of aromatic hydroxyl groups is 1. The number of aromatic nitrogens is 2. The summed E-state index contributed by atoms with van der Waals surface area (Å²) in [5.41, 5.74) is 1.08. The second-order valence-electron chi connectivity index (χ2n) is 17.1. The van der Waals surface area contributed by atoms with Crippen LogP contribution in [-0.2, 0) is 24.5 Å². The Hall–Kier alpha value is -6.55. The Balaban J connectivity index is 1.18. The number of aliphatic hydroxyl groups is 1. The Kier molecular flexibility index (Phi) is 10.2. The number of amides is 2. The Morgan fingerprint density at radius 1 is 0.758 bits per heavy atom. The number of cyclic esters (lactones) is 1. The molecule has 0 radical (unpaired) electrons. The highest BCUT2D eigenvalue weighted by atomic mass is 16.6. The molecule has 4 aromatic carbocycles. The minimum atomic E-state index is -1.69. The van der Waals surface area contributed by atoms with Gasteiger partial charge in [0.2, 0.25) is 17.8 Å². The van der Waals surface area contributed by atoms with E-state index in [1.807, 2.05) is 83.8 Å². The molecule has 0 unspecified atom stereocenters. The van der Waals surface area contributed by atoms with Crippen molar-refractivity contribution in [3.63, 3.8) is 0 Å². The van der Waals surface area contributed by atoms with Crippen molar-refractivity contribution in [2.24, 2.45) is 5.92 Å². The summed E-state index contributed by atoms with van der Waals surface area (Å²) in [6.07, 6.45) is 7.63. The smallest absolute Gasteiger partial charge is 0.324 e. The molecule has 3 N–H and O–H groups in total. The van der Waals surface area contributed by atoms with Gasteiger partial charge in [-0.2, -0.15) is 0 Å². The van der Waals surface area contributed by atoms with Crippen molar-refractivity contribution in [3.8, 4) is 17.6 Å². The Bertz CT molecular complexity index is 2530. The standard InChI is InChI=1S/C50H48N6O6/c57-37-19-17-36(18-20-37)44-50(38-32-33(16-21-39(38)53-47(50)60)22-25-49(61)23-9-1-2-10-24-49)40(45(58)54-28-30-55(31-29-54)48-51-26-11-27-52-48)42-46(59)62-43(35-14-7-4-8-15-35)41(56(42)44)34-12-5-3-6-13-34/h3-8,11-21,26-27,32,40-44,57,61H,1-2,9-10,23-24,28-31H2,(H,53,60)/t40-,41-,42-,43+,44+,50-/m0/s1. The van der Waals surface area contributed by atoms with Gasteiger partial charge in [-0.3, -0.25) is 19.3 Å². The van der Waals surface area contributed by atoms with Crippen LogP contribution in [-0.4, -0.2) is 85.6 Å². The molecule has 4 fully saturated rings. The summed E-state index contributed by atoms with van der Waals surface area (Å²) >= 11 is 0. The summed E-state index contributed by atoms with van der Waals surface area (Å²) in [4.78, 5) is 61.3. The fraction of sp³-hybridized carbons (Fsp3) is 0.340. The number of hydrogen-bond donors (Lipinski definition) is 3. The number of carbonyl (C=O) groups is 3. The van der Waals surface area contributed by atoms with Gasteiger partial charge in [-0.05, 0) is 84.3 Å². The number of piperazine rings is 1. The van der Waals surface area contributed by atoms with Crippen LogP contribution in [0.5, 0.6) is 5.75 Å². The average molecular weight is 829 g/mol. The topological polar surface area (TPSA) is 148 Å². The van der Waals surface area contributed by atoms with Crippen molar-refractivity contribution >= 4 is 29.4 Å². The van der Waals surface area contributed by atoms with E-state index in [9.17, 15) is 10.2 Å². The Morgan fingerprint density at radius 3 is 2.10 bits per heavy atom. The minimum Gasteiger partial charge on any atom is -0.508 e. The molecule has 0 bridgehead atoms. The fourth-order valence-corrected chi connectivity index (χ4v) is 10.7. The van der Waals surface area contributed by atoms with Crippen LogP contribution < -0.4 is 10.2 Å². The summed E-state index contributed by atoms with van der Waals surface area (Å²) in [5.74, 6) is 4.44. The second kappa shape index (κ2) is 16.0. The highest BCUT2D eigenvalue weighted by Gasteiger charge is 2.74. The van der Waals surface area contributed by atoms with Crippen molar-refractivity contribution in [2.45, 2.75) is 73.8 Å². The van der Waals surface area contributed by atoms with Crippen LogP contribution in [0.4, 0.5) is 11.6 Å². The molecule has 5 aromatic rings. The van der Waals surface area contributed by atoms with Gasteiger partial charge in [-0.25, -0.2) is 9.97 Å². The molecular weight excluding hydrogens is 781 g/mol. The summed E-state index contributed by atoms with van der Waals surface area (Å²) in [5, 5.41) is 25.4. The number of benzene rings is 4. The fourth-order valence-electron chi connectivity index (χ4n) is 10.7. The molecule has 5 heterocycles. The first kappa shape index (κ1) is 39.6. The van der Waals surface area contributed by atoms with Gasteiger partial charge in [0.25, 0.3) is 0 Å². The van der Waals surface area contributed by atoms with Crippen molar-refractivity contribution < 1.29 is 29.3 Å². The zero-order valence-corrected chi connectivity index (χ0v) is 34.3. The molecular formula is C50H48N6O6. The molecule has 1 aromatic heterocycles. The van der Waals surface area contributed by atoms with Gasteiger partial charge >= 0.3 is 5.97 Å². The molecule has 4 aliphatic heterocycles. The third-order valence-corrected chi connectivity index (χ3v) is 13.6. The molecule has 1 spiro atoms. The SMILES string of the molecule is O=C1O[C@H](c2ccccc2)[C@H](c2ccccc2)N2[C@H]1[C@@H](C(=O)N1CCN(c3ncccn3)CC1)[C@]1(C(=O)Nc3ccc(C#CC4(O)CCCCCC4)cc31)[C@H]2c1ccc(O)cc1. The zero-order chi connectivity index (χ0) is 42.4. The van der Waals surface area contributed by atoms with E-state index in [1.165, 1.54) is 0 Å². The number of ether oxygens (including phenoxy) is 1. The van der Waals surface area contributed by atoms with E-state index in [4.69, 9.17) is 4.74 Å². The van der Waals surface area contributed by atoms with Gasteiger partial charge < -0.3 is 30.1 Å². The van der Waals surface area contributed by atoms with Crippen LogP contribution in [0.15, 0.2) is 122 Å². The largest absolute Gasteiger partial charge is 0.508 e. The van der Waals surface area contributed by atoms with E-state index in [1.54, 1.807) is 47.6 Å². The number of nitrogens with one attached hydrogen (secondary N) is 1. The monoisotopic (exact) mass is 828 g/mol. The number of phenols is 1. The molecule has 5 aliphatic rings. The van der Waals surface area contributed by atoms with Crippen LogP contribution in [0.25, 0.3) is 0 Å². The number of morpholine rings is 1. The molecule has 6 atom stereocenters. The first-order valence-electron chi connectivity index (χ1n) is 21.6. The van der Waals surface area contributed by atoms with E-state index >= 15 is 14.4 Å². The number of fused-ring (bicyclic) bond motifs is 3. The van der Waals surface area contributed by atoms with Crippen molar-refractivity contribution in [1.29, 1.82) is 0 Å². The maximum absolute atomic E-state index is 15.8. The number of phenolic OH excluding ortho intramolecular Hbond substituents is 1. The number of rotatable bonds is 5. The lowest BCUT2D eigenvalue weighted by atomic mass is 9.65. The first-order valence-corrected chi connectivity index (χ1v) is 21.6. The highest BCUT2D eigenvalue weighted by molar-refractivity contribution is 6.12. The highest BCUT2D eigenvalue weighted by Crippen LogP contribution is 2.65. The quantitative estimate of drug-likeness (QED) is 0.106. The van der Waals surface area contributed by atoms with E-state index < -0.39 is 53.0 Å². The molecule has 1 saturated carbocycles. The number of hydrogen-bond acceptors (Lipinski definition) is 10. The predicted octanol–water partition coefficient (Wildman–Crippen LogP) is 6.24. The third kappa shape index (κ3) is 6.76. The summed E-state index contributed by atoms with van der Waals surface area (Å²) < 4.78 is 6.58. The van der Waals surface area contributed by atoms with Crippen LogP contribution in [0.3, 0.4) is 0 Å². The Labute approximate surface area is 360 Å².